The summed E-state index contributed by atoms with van der Waals surface area (Å²) < 4.78 is 9.44. The van der Waals surface area contributed by atoms with Gasteiger partial charge in [-0.2, -0.15) is 4.57 Å². The monoisotopic (exact) mass is 437 g/mol. The van der Waals surface area contributed by atoms with Gasteiger partial charge in [0.1, 0.15) is 17.1 Å². The number of rotatable bonds is 4. The number of benzene rings is 1. The minimum Gasteiger partial charge on any atom is -0.379 e. The molecule has 9 nitrogen and oxygen atoms in total. The van der Waals surface area contributed by atoms with E-state index in [1.165, 1.54) is 9.80 Å². The molecule has 1 aromatic carbocycles. The van der Waals surface area contributed by atoms with Crippen LogP contribution in [-0.2, 0) is 9.53 Å². The van der Waals surface area contributed by atoms with Crippen LogP contribution in [0.3, 0.4) is 0 Å². The van der Waals surface area contributed by atoms with Crippen LogP contribution in [0.1, 0.15) is 23.0 Å². The second-order valence-electron chi connectivity index (χ2n) is 8.67. The predicted molar refractivity (Wildman–Crippen MR) is 118 cm³/mol. The number of aromatic nitrogens is 2. The van der Waals surface area contributed by atoms with Crippen LogP contribution in [0.4, 0.5) is 10.7 Å². The van der Waals surface area contributed by atoms with Crippen LogP contribution in [0.5, 0.6) is 0 Å². The highest BCUT2D eigenvalue weighted by Gasteiger charge is 2.54. The number of amides is 3. The van der Waals surface area contributed by atoms with E-state index in [1.54, 1.807) is 7.05 Å². The fourth-order valence-corrected chi connectivity index (χ4v) is 4.78. The highest BCUT2D eigenvalue weighted by molar-refractivity contribution is 6.19. The summed E-state index contributed by atoms with van der Waals surface area (Å²) in [5, 5.41) is 0. The highest BCUT2D eigenvalue weighted by Crippen LogP contribution is 2.33. The van der Waals surface area contributed by atoms with Gasteiger partial charge in [-0.3, -0.25) is 19.5 Å². The maximum atomic E-state index is 13.6. The van der Waals surface area contributed by atoms with Crippen molar-refractivity contribution >= 4 is 23.7 Å². The molecule has 1 atom stereocenters. The first-order chi connectivity index (χ1) is 15.4. The van der Waals surface area contributed by atoms with Crippen LogP contribution in [0, 0.1) is 20.8 Å². The van der Waals surface area contributed by atoms with Gasteiger partial charge in [0, 0.05) is 33.2 Å². The quantitative estimate of drug-likeness (QED) is 0.680. The lowest BCUT2D eigenvalue weighted by Gasteiger charge is -2.35. The zero-order valence-corrected chi connectivity index (χ0v) is 19.0. The number of imide groups is 1. The van der Waals surface area contributed by atoms with Gasteiger partial charge in [-0.1, -0.05) is 17.1 Å². The second kappa shape index (κ2) is 7.83. The van der Waals surface area contributed by atoms with E-state index in [0.717, 1.165) is 35.7 Å². The first kappa shape index (κ1) is 20.8. The molecule has 3 amide bonds. The number of morpholine rings is 1. The molecule has 168 valence electrons. The Morgan fingerprint density at radius 1 is 1.12 bits per heavy atom. The summed E-state index contributed by atoms with van der Waals surface area (Å²) in [6, 6.07) is 7.26. The van der Waals surface area contributed by atoms with Gasteiger partial charge in [0.05, 0.1) is 13.2 Å². The molecule has 2 fully saturated rings. The third kappa shape index (κ3) is 3.15. The Morgan fingerprint density at radius 3 is 2.59 bits per heavy atom. The molecule has 0 radical (unpaired) electrons. The zero-order chi connectivity index (χ0) is 22.6. The molecule has 0 N–H and O–H groups in total. The van der Waals surface area contributed by atoms with Crippen molar-refractivity contribution in [1.29, 1.82) is 0 Å². The van der Waals surface area contributed by atoms with Gasteiger partial charge in [-0.25, -0.2) is 9.36 Å². The van der Waals surface area contributed by atoms with E-state index in [9.17, 15) is 9.59 Å². The Balaban J connectivity index is 1.51. The molecule has 5 rings (SSSR count). The van der Waals surface area contributed by atoms with E-state index in [1.807, 2.05) is 30.5 Å². The number of aliphatic imine (C=N–C) groups is 1. The van der Waals surface area contributed by atoms with E-state index in [4.69, 9.17) is 9.73 Å². The summed E-state index contributed by atoms with van der Waals surface area (Å²) in [7, 11) is 1.70. The van der Waals surface area contributed by atoms with Gasteiger partial charge in [0.15, 0.2) is 0 Å². The van der Waals surface area contributed by atoms with Gasteiger partial charge in [-0.05, 0) is 38.5 Å². The molecule has 0 aliphatic carbocycles. The van der Waals surface area contributed by atoms with E-state index in [2.05, 4.69) is 28.5 Å². The van der Waals surface area contributed by atoms with Crippen LogP contribution >= 0.6 is 0 Å². The number of fused-ring (bicyclic) bond motifs is 3. The first-order valence-corrected chi connectivity index (χ1v) is 11.1. The van der Waals surface area contributed by atoms with Crippen LogP contribution in [0.25, 0.3) is 5.69 Å². The predicted octanol–water partition coefficient (Wildman–Crippen LogP) is 1.50. The molecule has 4 heterocycles. The summed E-state index contributed by atoms with van der Waals surface area (Å²) in [5.74, 6) is 0.948. The molecule has 1 aromatic heterocycles. The maximum absolute atomic E-state index is 13.6. The highest BCUT2D eigenvalue weighted by atomic mass is 16.5. The average Bonchev–Trinajstić information content (AvgIpc) is 3.28. The molecular formula is C23H29N6O3+. The Labute approximate surface area is 187 Å². The third-order valence-electron chi connectivity index (χ3n) is 6.72. The lowest BCUT2D eigenvalue weighted by Crippen LogP contribution is -2.64. The molecule has 3 aliphatic rings. The van der Waals surface area contributed by atoms with Crippen molar-refractivity contribution in [2.45, 2.75) is 26.8 Å². The maximum Gasteiger partial charge on any atom is 0.407 e. The van der Waals surface area contributed by atoms with Crippen LogP contribution in [0.15, 0.2) is 29.3 Å². The van der Waals surface area contributed by atoms with E-state index in [-0.39, 0.29) is 11.9 Å². The lowest BCUT2D eigenvalue weighted by molar-refractivity contribution is -0.682. The van der Waals surface area contributed by atoms with Crippen molar-refractivity contribution < 1.29 is 18.9 Å². The smallest absolute Gasteiger partial charge is 0.379 e. The number of imidazole rings is 1. The first-order valence-electron chi connectivity index (χ1n) is 11.1. The van der Waals surface area contributed by atoms with E-state index >= 15 is 0 Å². The zero-order valence-electron chi connectivity index (χ0n) is 19.0. The molecule has 9 heteroatoms. The lowest BCUT2D eigenvalue weighted by atomic mass is 10.1. The van der Waals surface area contributed by atoms with Gasteiger partial charge in [0.25, 0.3) is 5.91 Å². The fraction of sp³-hybridized carbons (Fsp3) is 0.478. The summed E-state index contributed by atoms with van der Waals surface area (Å²) in [4.78, 5) is 36.6. The van der Waals surface area contributed by atoms with Gasteiger partial charge < -0.3 is 4.74 Å². The molecule has 3 aliphatic heterocycles. The number of hydrogen-bond acceptors (Lipinski definition) is 5. The topological polar surface area (TPSA) is 74.3 Å². The molecule has 2 aromatic rings. The number of urea groups is 1. The summed E-state index contributed by atoms with van der Waals surface area (Å²) in [6.07, 6.45) is 0. The number of carbonyl (C=O) groups excluding carboxylic acids is 2. The fourth-order valence-electron chi connectivity index (χ4n) is 4.78. The minimum absolute atomic E-state index is 0.214. The summed E-state index contributed by atoms with van der Waals surface area (Å²) in [5.41, 5.74) is 4.13. The van der Waals surface area contributed by atoms with Gasteiger partial charge >= 0.3 is 12.0 Å². The SMILES string of the molecule is Cc1cccc(-n2c(C)c(C)[n+]3c2N=C2C3C(=O)N(CCN3CCOCC3)C(=O)N2C)c1. The Hall–Kier alpha value is -3.04. The van der Waals surface area contributed by atoms with Crippen molar-refractivity contribution in [3.63, 3.8) is 0 Å². The Morgan fingerprint density at radius 2 is 1.88 bits per heavy atom. The summed E-state index contributed by atoms with van der Waals surface area (Å²) in [6.45, 7) is 10.1. The van der Waals surface area contributed by atoms with E-state index < -0.39 is 6.04 Å². The molecule has 0 saturated carbocycles. The minimum atomic E-state index is -0.623. The van der Waals surface area contributed by atoms with Crippen molar-refractivity contribution in [3.8, 4) is 5.69 Å². The summed E-state index contributed by atoms with van der Waals surface area (Å²) >= 11 is 0. The Kier molecular flexibility index (Phi) is 5.10. The molecule has 32 heavy (non-hydrogen) atoms. The Bertz CT molecular complexity index is 1130. The van der Waals surface area contributed by atoms with Crippen LogP contribution in [0.2, 0.25) is 0 Å². The number of nitrogens with zero attached hydrogens (tertiary/aromatic N) is 6. The number of carbonyl (C=O) groups is 2. The van der Waals surface area contributed by atoms with Crippen LogP contribution in [-0.4, -0.2) is 83.5 Å². The number of hydrogen-bond donors (Lipinski definition) is 0. The molecule has 0 bridgehead atoms. The molecule has 1 unspecified atom stereocenters. The third-order valence-corrected chi connectivity index (χ3v) is 6.72. The van der Waals surface area contributed by atoms with Crippen molar-refractivity contribution in [1.82, 2.24) is 19.3 Å². The number of aryl methyl sites for hydroxylation is 1. The van der Waals surface area contributed by atoms with Crippen molar-refractivity contribution in [2.75, 3.05) is 46.4 Å². The standard InChI is InChI=1S/C23H29N6O3/c1-15-6-5-7-18(14-15)28-16(2)17(3)29-19-20(24-22(28)29)25(4)23(31)27(21(19)30)9-8-26-10-12-32-13-11-26/h5-7,14,19H,8-13H2,1-4H3/q+1. The average molecular weight is 438 g/mol. The molecule has 0 spiro atoms. The number of likely N-dealkylation sites (N-methyl/N-ethyl adjacent to an activating group) is 1. The number of ether oxygens (including phenoxy) is 1. The van der Waals surface area contributed by atoms with Crippen molar-refractivity contribution in [2.24, 2.45) is 4.99 Å². The van der Waals surface area contributed by atoms with Crippen molar-refractivity contribution in [3.05, 3.63) is 41.2 Å². The van der Waals surface area contributed by atoms with Crippen LogP contribution < -0.4 is 4.57 Å². The largest absolute Gasteiger partial charge is 0.407 e. The number of amidine groups is 1. The molecular weight excluding hydrogens is 408 g/mol. The molecule has 2 saturated heterocycles. The van der Waals surface area contributed by atoms with Gasteiger partial charge in [0.2, 0.25) is 11.9 Å². The second-order valence-corrected chi connectivity index (χ2v) is 8.67. The van der Waals surface area contributed by atoms with Gasteiger partial charge in [-0.15, -0.1) is 0 Å². The normalized spacial score (nSPS) is 21.1. The van der Waals surface area contributed by atoms with E-state index in [0.29, 0.717) is 38.1 Å².